The second-order valence-corrected chi connectivity index (χ2v) is 6.50. The highest BCUT2D eigenvalue weighted by molar-refractivity contribution is 5.88. The molecule has 2 saturated carbocycles. The summed E-state index contributed by atoms with van der Waals surface area (Å²) < 4.78 is 2.35. The standard InChI is InChI=1S/C16H23NO.2CO2/c1-12(2)15(18)16(9-3-4-10-16)17-11-5-6-14(17)13-7-8-13;2*2-1-3/h5-6,11-13H,3-4,7-10H2,1-2H3;;. The van der Waals surface area contributed by atoms with E-state index in [1.54, 1.807) is 0 Å². The second kappa shape index (κ2) is 9.11. The maximum atomic E-state index is 12.7. The van der Waals surface area contributed by atoms with Crippen LogP contribution < -0.4 is 0 Å². The summed E-state index contributed by atoms with van der Waals surface area (Å²) in [6, 6.07) is 4.35. The molecule has 0 unspecified atom stereocenters. The molecule has 0 N–H and O–H groups in total. The molecule has 1 aromatic heterocycles. The van der Waals surface area contributed by atoms with E-state index < -0.39 is 0 Å². The average Bonchev–Trinajstić information content (AvgIpc) is 3.07. The minimum absolute atomic E-state index is 0.137. The first-order valence-electron chi connectivity index (χ1n) is 8.19. The lowest BCUT2D eigenvalue weighted by Crippen LogP contribution is -2.42. The molecule has 2 aliphatic carbocycles. The van der Waals surface area contributed by atoms with E-state index >= 15 is 0 Å². The first-order chi connectivity index (χ1) is 11.5. The van der Waals surface area contributed by atoms with Gasteiger partial charge in [-0.3, -0.25) is 4.79 Å². The van der Waals surface area contributed by atoms with Crippen molar-refractivity contribution in [3.63, 3.8) is 0 Å². The Balaban J connectivity index is 0.000000423. The third kappa shape index (κ3) is 4.38. The number of carbonyl (C=O) groups excluding carboxylic acids is 5. The van der Waals surface area contributed by atoms with E-state index in [0.29, 0.717) is 5.78 Å². The first kappa shape index (κ1) is 19.8. The summed E-state index contributed by atoms with van der Waals surface area (Å²) >= 11 is 0. The number of rotatable bonds is 4. The first-order valence-corrected chi connectivity index (χ1v) is 8.19. The van der Waals surface area contributed by atoms with Crippen molar-refractivity contribution in [3.05, 3.63) is 24.0 Å². The van der Waals surface area contributed by atoms with E-state index in [1.807, 2.05) is 13.8 Å². The van der Waals surface area contributed by atoms with E-state index in [-0.39, 0.29) is 23.8 Å². The number of ketones is 1. The van der Waals surface area contributed by atoms with Crippen molar-refractivity contribution in [1.29, 1.82) is 0 Å². The van der Waals surface area contributed by atoms with Crippen LogP contribution in [0.1, 0.15) is 64.0 Å². The van der Waals surface area contributed by atoms with Crippen molar-refractivity contribution in [2.75, 3.05) is 0 Å². The fraction of sp³-hybridized carbons (Fsp3) is 0.611. The topological polar surface area (TPSA) is 90.3 Å². The number of aromatic nitrogens is 1. The Bertz CT molecular complexity index is 597. The van der Waals surface area contributed by atoms with Gasteiger partial charge in [0.25, 0.3) is 0 Å². The molecule has 1 aromatic rings. The van der Waals surface area contributed by atoms with Crippen molar-refractivity contribution in [2.45, 2.75) is 63.8 Å². The van der Waals surface area contributed by atoms with Crippen LogP contribution in [0.25, 0.3) is 0 Å². The molecule has 3 rings (SSSR count). The lowest BCUT2D eigenvalue weighted by molar-refractivity contribution is -0.193. The average molecular weight is 333 g/mol. The van der Waals surface area contributed by atoms with Gasteiger partial charge in [-0.05, 0) is 43.7 Å². The summed E-state index contributed by atoms with van der Waals surface area (Å²) in [5.41, 5.74) is 1.20. The molecule has 24 heavy (non-hydrogen) atoms. The molecule has 0 amide bonds. The fourth-order valence-electron chi connectivity index (χ4n) is 3.60. The van der Waals surface area contributed by atoms with Gasteiger partial charge in [-0.2, -0.15) is 19.2 Å². The summed E-state index contributed by atoms with van der Waals surface area (Å²) in [7, 11) is 0. The van der Waals surface area contributed by atoms with Gasteiger partial charge in [0.1, 0.15) is 5.54 Å². The van der Waals surface area contributed by atoms with Crippen LogP contribution in [0.3, 0.4) is 0 Å². The van der Waals surface area contributed by atoms with Gasteiger partial charge in [0.05, 0.1) is 0 Å². The Hall–Kier alpha value is -2.29. The van der Waals surface area contributed by atoms with Crippen LogP contribution in [0.2, 0.25) is 0 Å². The maximum absolute atomic E-state index is 12.7. The van der Waals surface area contributed by atoms with Crippen molar-refractivity contribution < 1.29 is 24.0 Å². The Morgan fingerprint density at radius 2 is 1.62 bits per heavy atom. The summed E-state index contributed by atoms with van der Waals surface area (Å²) in [4.78, 5) is 45.2. The molecular weight excluding hydrogens is 310 g/mol. The van der Waals surface area contributed by atoms with E-state index in [2.05, 4.69) is 22.9 Å². The predicted octanol–water partition coefficient (Wildman–Crippen LogP) is 2.69. The van der Waals surface area contributed by atoms with E-state index in [4.69, 9.17) is 19.2 Å². The van der Waals surface area contributed by atoms with Crippen LogP contribution in [0.15, 0.2) is 18.3 Å². The van der Waals surface area contributed by atoms with Crippen LogP contribution in [0, 0.1) is 5.92 Å². The van der Waals surface area contributed by atoms with Gasteiger partial charge < -0.3 is 4.57 Å². The van der Waals surface area contributed by atoms with E-state index in [9.17, 15) is 4.79 Å². The molecular formula is C18H23NO5. The van der Waals surface area contributed by atoms with Gasteiger partial charge in [0, 0.05) is 17.8 Å². The molecule has 0 spiro atoms. The van der Waals surface area contributed by atoms with E-state index in [1.165, 1.54) is 31.4 Å². The van der Waals surface area contributed by atoms with Crippen molar-refractivity contribution >= 4 is 18.1 Å². The van der Waals surface area contributed by atoms with Gasteiger partial charge in [-0.1, -0.05) is 26.7 Å². The Labute approximate surface area is 141 Å². The fourth-order valence-corrected chi connectivity index (χ4v) is 3.60. The highest BCUT2D eigenvalue weighted by Crippen LogP contribution is 2.46. The predicted molar refractivity (Wildman–Crippen MR) is 82.7 cm³/mol. The molecule has 130 valence electrons. The summed E-state index contributed by atoms with van der Waals surface area (Å²) in [6.07, 6.45) is 9.73. The minimum Gasteiger partial charge on any atom is -0.338 e. The van der Waals surface area contributed by atoms with Crippen LogP contribution >= 0.6 is 0 Å². The molecule has 0 aromatic carbocycles. The third-order valence-electron chi connectivity index (χ3n) is 4.65. The Morgan fingerprint density at radius 1 is 1.12 bits per heavy atom. The minimum atomic E-state index is -0.213. The largest absolute Gasteiger partial charge is 0.373 e. The summed E-state index contributed by atoms with van der Waals surface area (Å²) in [5.74, 6) is 1.30. The normalized spacial score (nSPS) is 17.6. The van der Waals surface area contributed by atoms with Gasteiger partial charge >= 0.3 is 12.3 Å². The summed E-state index contributed by atoms with van der Waals surface area (Å²) in [5, 5.41) is 0. The monoisotopic (exact) mass is 333 g/mol. The van der Waals surface area contributed by atoms with E-state index in [0.717, 1.165) is 18.8 Å². The molecule has 0 saturated heterocycles. The molecule has 1 heterocycles. The van der Waals surface area contributed by atoms with Gasteiger partial charge in [0.2, 0.25) is 0 Å². The zero-order valence-electron chi connectivity index (χ0n) is 14.1. The number of hydrogen-bond acceptors (Lipinski definition) is 5. The van der Waals surface area contributed by atoms with Crippen LogP contribution in [0.5, 0.6) is 0 Å². The molecule has 0 radical (unpaired) electrons. The molecule has 6 nitrogen and oxygen atoms in total. The quantitative estimate of drug-likeness (QED) is 0.845. The molecule has 2 aliphatic rings. The second-order valence-electron chi connectivity index (χ2n) is 6.50. The van der Waals surface area contributed by atoms with Crippen molar-refractivity contribution in [1.82, 2.24) is 4.57 Å². The van der Waals surface area contributed by atoms with Crippen molar-refractivity contribution in [3.8, 4) is 0 Å². The highest BCUT2D eigenvalue weighted by atomic mass is 16.2. The smallest absolute Gasteiger partial charge is 0.338 e. The zero-order chi connectivity index (χ0) is 18.2. The molecule has 0 atom stereocenters. The molecule has 0 bridgehead atoms. The number of nitrogens with zero attached hydrogens (tertiary/aromatic N) is 1. The Kier molecular flexibility index (Phi) is 7.50. The van der Waals surface area contributed by atoms with Gasteiger partial charge in [0.15, 0.2) is 5.78 Å². The number of hydrogen-bond donors (Lipinski definition) is 0. The Morgan fingerprint density at radius 3 is 2.04 bits per heavy atom. The van der Waals surface area contributed by atoms with Gasteiger partial charge in [-0.25, -0.2) is 0 Å². The van der Waals surface area contributed by atoms with Crippen LogP contribution in [0.4, 0.5) is 0 Å². The SMILES string of the molecule is CC(C)C(=O)C1(n2cccc2C2CC2)CCCC1.O=C=O.O=C=O. The summed E-state index contributed by atoms with van der Waals surface area (Å²) in [6.45, 7) is 4.09. The van der Waals surface area contributed by atoms with Gasteiger partial charge in [-0.15, -0.1) is 0 Å². The third-order valence-corrected chi connectivity index (χ3v) is 4.65. The highest BCUT2D eigenvalue weighted by Gasteiger charge is 2.45. The lowest BCUT2D eigenvalue weighted by Gasteiger charge is -2.33. The molecule has 6 heteroatoms. The van der Waals surface area contributed by atoms with Crippen LogP contribution in [-0.2, 0) is 29.5 Å². The lowest BCUT2D eigenvalue weighted by atomic mass is 9.85. The van der Waals surface area contributed by atoms with Crippen molar-refractivity contribution in [2.24, 2.45) is 5.92 Å². The number of Topliss-reactive ketones (excluding diaryl/α,β-unsaturated/α-hetero) is 1. The molecule has 0 aliphatic heterocycles. The maximum Gasteiger partial charge on any atom is 0.373 e. The molecule has 2 fully saturated rings. The zero-order valence-corrected chi connectivity index (χ0v) is 14.1. The number of carbonyl (C=O) groups is 1. The van der Waals surface area contributed by atoms with Crippen LogP contribution in [-0.4, -0.2) is 22.7 Å².